The van der Waals surface area contributed by atoms with Crippen LogP contribution in [0.1, 0.15) is 22.7 Å². The number of hydrogen-bond donors (Lipinski definition) is 1. The minimum atomic E-state index is -0.168. The molecule has 0 saturated heterocycles. The van der Waals surface area contributed by atoms with E-state index in [0.717, 1.165) is 11.1 Å². The molecule has 2 aromatic rings. The summed E-state index contributed by atoms with van der Waals surface area (Å²) >= 11 is 0. The standard InChI is InChI=1S/C14H15FN2/c1-10-9-12(3-4-13(10)15)14(16-2)11-5-7-17-8-6-11/h3-9,14,16H,1-2H3. The number of rotatable bonds is 3. The molecule has 0 fully saturated rings. The Morgan fingerprint density at radius 3 is 2.41 bits per heavy atom. The average Bonchev–Trinajstić information content (AvgIpc) is 2.36. The Bertz CT molecular complexity index is 497. The number of hydrogen-bond acceptors (Lipinski definition) is 2. The second kappa shape index (κ2) is 5.06. The van der Waals surface area contributed by atoms with Crippen LogP contribution >= 0.6 is 0 Å². The molecule has 0 amide bonds. The lowest BCUT2D eigenvalue weighted by molar-refractivity contribution is 0.614. The van der Waals surface area contributed by atoms with E-state index in [4.69, 9.17) is 0 Å². The Morgan fingerprint density at radius 2 is 1.82 bits per heavy atom. The predicted molar refractivity (Wildman–Crippen MR) is 66.3 cm³/mol. The molecule has 1 unspecified atom stereocenters. The molecular formula is C14H15FN2. The average molecular weight is 230 g/mol. The summed E-state index contributed by atoms with van der Waals surface area (Å²) in [5, 5.41) is 3.23. The van der Waals surface area contributed by atoms with Crippen molar-refractivity contribution in [2.75, 3.05) is 7.05 Å². The van der Waals surface area contributed by atoms with Crippen LogP contribution in [0.5, 0.6) is 0 Å². The van der Waals surface area contributed by atoms with Crippen molar-refractivity contribution >= 4 is 0 Å². The number of benzene rings is 1. The van der Waals surface area contributed by atoms with Crippen molar-refractivity contribution < 1.29 is 4.39 Å². The van der Waals surface area contributed by atoms with Gasteiger partial charge in [0.05, 0.1) is 6.04 Å². The molecule has 0 aliphatic rings. The maximum Gasteiger partial charge on any atom is 0.126 e. The van der Waals surface area contributed by atoms with Crippen LogP contribution in [-0.2, 0) is 0 Å². The fourth-order valence-electron chi connectivity index (χ4n) is 1.93. The highest BCUT2D eigenvalue weighted by atomic mass is 19.1. The summed E-state index contributed by atoms with van der Waals surface area (Å²) in [4.78, 5) is 4.00. The minimum absolute atomic E-state index is 0.0669. The summed E-state index contributed by atoms with van der Waals surface area (Å²) in [6.45, 7) is 1.78. The lowest BCUT2D eigenvalue weighted by atomic mass is 9.98. The number of aryl methyl sites for hydroxylation is 1. The van der Waals surface area contributed by atoms with Crippen LogP contribution in [0, 0.1) is 12.7 Å². The second-order valence-corrected chi connectivity index (χ2v) is 4.01. The lowest BCUT2D eigenvalue weighted by Gasteiger charge is -2.17. The number of aromatic nitrogens is 1. The van der Waals surface area contributed by atoms with Gasteiger partial charge in [0.2, 0.25) is 0 Å². The zero-order valence-electron chi connectivity index (χ0n) is 9.94. The fourth-order valence-corrected chi connectivity index (χ4v) is 1.93. The van der Waals surface area contributed by atoms with E-state index in [1.807, 2.05) is 31.3 Å². The van der Waals surface area contributed by atoms with Crippen molar-refractivity contribution in [2.24, 2.45) is 0 Å². The first-order chi connectivity index (χ1) is 8.22. The monoisotopic (exact) mass is 230 g/mol. The largest absolute Gasteiger partial charge is 0.309 e. The second-order valence-electron chi connectivity index (χ2n) is 4.01. The van der Waals surface area contributed by atoms with Crippen LogP contribution < -0.4 is 5.32 Å². The van der Waals surface area contributed by atoms with Crippen molar-refractivity contribution in [3.63, 3.8) is 0 Å². The molecule has 0 saturated carbocycles. The summed E-state index contributed by atoms with van der Waals surface area (Å²) in [6, 6.07) is 9.17. The third kappa shape index (κ3) is 2.50. The first-order valence-corrected chi connectivity index (χ1v) is 5.55. The molecule has 1 aromatic carbocycles. The van der Waals surface area contributed by atoms with E-state index in [-0.39, 0.29) is 11.9 Å². The summed E-state index contributed by atoms with van der Waals surface area (Å²) in [6.07, 6.45) is 3.52. The Morgan fingerprint density at radius 1 is 1.12 bits per heavy atom. The number of halogens is 1. The number of nitrogens with zero attached hydrogens (tertiary/aromatic N) is 1. The fraction of sp³-hybridized carbons (Fsp3) is 0.214. The molecule has 1 heterocycles. The van der Waals surface area contributed by atoms with E-state index >= 15 is 0 Å². The highest BCUT2D eigenvalue weighted by Crippen LogP contribution is 2.22. The van der Waals surface area contributed by atoms with E-state index < -0.39 is 0 Å². The van der Waals surface area contributed by atoms with Gasteiger partial charge < -0.3 is 5.32 Å². The molecule has 88 valence electrons. The van der Waals surface area contributed by atoms with Gasteiger partial charge in [0.1, 0.15) is 5.82 Å². The zero-order chi connectivity index (χ0) is 12.3. The van der Waals surface area contributed by atoms with Crippen molar-refractivity contribution in [1.29, 1.82) is 0 Å². The van der Waals surface area contributed by atoms with Gasteiger partial charge in [-0.1, -0.05) is 12.1 Å². The van der Waals surface area contributed by atoms with Gasteiger partial charge in [0.15, 0.2) is 0 Å². The molecule has 17 heavy (non-hydrogen) atoms. The highest BCUT2D eigenvalue weighted by Gasteiger charge is 2.12. The van der Waals surface area contributed by atoms with Crippen LogP contribution in [0.15, 0.2) is 42.7 Å². The van der Waals surface area contributed by atoms with Crippen molar-refractivity contribution in [3.05, 3.63) is 65.2 Å². The summed E-state index contributed by atoms with van der Waals surface area (Å²) in [7, 11) is 1.89. The van der Waals surface area contributed by atoms with Gasteiger partial charge in [-0.25, -0.2) is 4.39 Å². The Balaban J connectivity index is 2.39. The van der Waals surface area contributed by atoms with E-state index in [2.05, 4.69) is 10.3 Å². The van der Waals surface area contributed by atoms with Gasteiger partial charge >= 0.3 is 0 Å². The van der Waals surface area contributed by atoms with Gasteiger partial charge in [-0.3, -0.25) is 4.98 Å². The van der Waals surface area contributed by atoms with Crippen LogP contribution in [-0.4, -0.2) is 12.0 Å². The Hall–Kier alpha value is -1.74. The molecule has 2 nitrogen and oxygen atoms in total. The Labute approximate surface area is 101 Å². The molecule has 0 spiro atoms. The van der Waals surface area contributed by atoms with Gasteiger partial charge in [-0.2, -0.15) is 0 Å². The van der Waals surface area contributed by atoms with Gasteiger partial charge in [-0.15, -0.1) is 0 Å². The minimum Gasteiger partial charge on any atom is -0.309 e. The van der Waals surface area contributed by atoms with Crippen LogP contribution in [0.4, 0.5) is 4.39 Å². The van der Waals surface area contributed by atoms with E-state index in [1.54, 1.807) is 19.3 Å². The van der Waals surface area contributed by atoms with E-state index in [0.29, 0.717) is 5.56 Å². The van der Waals surface area contributed by atoms with Gasteiger partial charge in [0, 0.05) is 12.4 Å². The van der Waals surface area contributed by atoms with Crippen LogP contribution in [0.3, 0.4) is 0 Å². The van der Waals surface area contributed by atoms with Crippen molar-refractivity contribution in [3.8, 4) is 0 Å². The molecule has 0 aliphatic heterocycles. The molecule has 0 aliphatic carbocycles. The first kappa shape index (κ1) is 11.7. The molecule has 1 N–H and O–H groups in total. The summed E-state index contributed by atoms with van der Waals surface area (Å²) in [5.41, 5.74) is 2.84. The lowest BCUT2D eigenvalue weighted by Crippen LogP contribution is -2.17. The quantitative estimate of drug-likeness (QED) is 0.877. The van der Waals surface area contributed by atoms with Crippen molar-refractivity contribution in [1.82, 2.24) is 10.3 Å². The number of pyridine rings is 1. The SMILES string of the molecule is CNC(c1ccncc1)c1ccc(F)c(C)c1. The van der Waals surface area contributed by atoms with Gasteiger partial charge in [-0.05, 0) is 48.9 Å². The molecule has 3 heteroatoms. The molecule has 2 rings (SSSR count). The maximum absolute atomic E-state index is 13.2. The topological polar surface area (TPSA) is 24.9 Å². The predicted octanol–water partition coefficient (Wildman–Crippen LogP) is 2.84. The highest BCUT2D eigenvalue weighted by molar-refractivity contribution is 5.33. The maximum atomic E-state index is 13.2. The first-order valence-electron chi connectivity index (χ1n) is 5.55. The number of nitrogens with one attached hydrogen (secondary N) is 1. The van der Waals surface area contributed by atoms with Gasteiger partial charge in [0.25, 0.3) is 0 Å². The molecule has 0 radical (unpaired) electrons. The summed E-state index contributed by atoms with van der Waals surface area (Å²) < 4.78 is 13.2. The Kier molecular flexibility index (Phi) is 3.49. The smallest absolute Gasteiger partial charge is 0.126 e. The zero-order valence-corrected chi connectivity index (χ0v) is 9.94. The normalized spacial score (nSPS) is 12.4. The molecule has 1 aromatic heterocycles. The van der Waals surface area contributed by atoms with Crippen molar-refractivity contribution in [2.45, 2.75) is 13.0 Å². The third-order valence-electron chi connectivity index (χ3n) is 2.84. The third-order valence-corrected chi connectivity index (χ3v) is 2.84. The van der Waals surface area contributed by atoms with Crippen LogP contribution in [0.2, 0.25) is 0 Å². The molecule has 1 atom stereocenters. The van der Waals surface area contributed by atoms with E-state index in [1.165, 1.54) is 6.07 Å². The molecular weight excluding hydrogens is 215 g/mol. The summed E-state index contributed by atoms with van der Waals surface area (Å²) in [5.74, 6) is -0.168. The van der Waals surface area contributed by atoms with Crippen LogP contribution in [0.25, 0.3) is 0 Å². The van der Waals surface area contributed by atoms with E-state index in [9.17, 15) is 4.39 Å². The molecule has 0 bridgehead atoms.